The van der Waals surface area contributed by atoms with Gasteiger partial charge in [0.2, 0.25) is 0 Å². The van der Waals surface area contributed by atoms with Gasteiger partial charge in [0.1, 0.15) is 0 Å². The van der Waals surface area contributed by atoms with Crippen LogP contribution < -0.4 is 0 Å². The summed E-state index contributed by atoms with van der Waals surface area (Å²) in [5, 5.41) is 0. The minimum Gasteiger partial charge on any atom is -0.293 e. The topological polar surface area (TPSA) is 51.2 Å². The van der Waals surface area contributed by atoms with E-state index in [4.69, 9.17) is 0 Å². The zero-order chi connectivity index (χ0) is 17.2. The second-order valence-corrected chi connectivity index (χ2v) is 6.21. The second kappa shape index (κ2) is 6.36. The van der Waals surface area contributed by atoms with E-state index in [1.165, 1.54) is 6.08 Å². The molecule has 120 valence electrons. The maximum atomic E-state index is 12.6. The Balaban J connectivity index is 1.67. The van der Waals surface area contributed by atoms with Gasteiger partial charge < -0.3 is 0 Å². The number of carbonyl (C=O) groups excluding carboxylic acids is 3. The lowest BCUT2D eigenvalue weighted by Crippen LogP contribution is -2.29. The van der Waals surface area contributed by atoms with Gasteiger partial charge in [-0.3, -0.25) is 14.4 Å². The summed E-state index contributed by atoms with van der Waals surface area (Å²) in [6.45, 7) is 1.70. The molecule has 0 heterocycles. The number of Topliss-reactive ketones (excluding diaryl/α,β-unsaturated/α-hetero) is 2. The highest BCUT2D eigenvalue weighted by Gasteiger charge is 2.48. The lowest BCUT2D eigenvalue weighted by Gasteiger charge is -2.19. The third-order valence-electron chi connectivity index (χ3n) is 4.56. The van der Waals surface area contributed by atoms with Gasteiger partial charge in [0.05, 0.1) is 5.41 Å². The molecule has 0 atom stereocenters. The number of allylic oxidation sites excluding steroid dienone is 2. The molecule has 0 aliphatic heterocycles. The first-order chi connectivity index (χ1) is 11.5. The monoisotopic (exact) mass is 318 g/mol. The zero-order valence-corrected chi connectivity index (χ0v) is 13.5. The van der Waals surface area contributed by atoms with E-state index in [0.29, 0.717) is 29.5 Å². The average Bonchev–Trinajstić information content (AvgIpc) is 2.82. The van der Waals surface area contributed by atoms with Gasteiger partial charge in [-0.25, -0.2) is 0 Å². The number of rotatable bonds is 5. The Morgan fingerprint density at radius 1 is 0.917 bits per heavy atom. The number of ketones is 3. The molecule has 0 aromatic heterocycles. The fourth-order valence-corrected chi connectivity index (χ4v) is 3.06. The normalized spacial score (nSPS) is 15.7. The first-order valence-corrected chi connectivity index (χ1v) is 7.98. The number of hydrogen-bond acceptors (Lipinski definition) is 3. The van der Waals surface area contributed by atoms with Crippen molar-refractivity contribution in [3.63, 3.8) is 0 Å². The van der Waals surface area contributed by atoms with Crippen molar-refractivity contribution < 1.29 is 14.4 Å². The molecule has 0 unspecified atom stereocenters. The van der Waals surface area contributed by atoms with Crippen LogP contribution in [0.25, 0.3) is 0 Å². The number of hydrogen-bond donors (Lipinski definition) is 0. The number of carbonyl (C=O) groups is 3. The lowest BCUT2D eigenvalue weighted by atomic mass is 9.80. The third-order valence-corrected chi connectivity index (χ3v) is 4.56. The quantitative estimate of drug-likeness (QED) is 0.469. The fourth-order valence-electron chi connectivity index (χ4n) is 3.06. The van der Waals surface area contributed by atoms with Crippen LogP contribution in [0, 0.1) is 5.41 Å². The molecule has 2 aromatic carbocycles. The fraction of sp³-hybridized carbons (Fsp3) is 0.190. The van der Waals surface area contributed by atoms with E-state index >= 15 is 0 Å². The first kappa shape index (κ1) is 16.1. The minimum atomic E-state index is -1.02. The minimum absolute atomic E-state index is 0.0758. The molecule has 0 amide bonds. The van der Waals surface area contributed by atoms with Crippen LogP contribution in [0.1, 0.15) is 50.8 Å². The smallest absolute Gasteiger partial charge is 0.185 e. The van der Waals surface area contributed by atoms with Gasteiger partial charge in [0.15, 0.2) is 17.3 Å². The molecule has 0 fully saturated rings. The molecule has 0 bridgehead atoms. The molecular weight excluding hydrogens is 300 g/mol. The Morgan fingerprint density at radius 2 is 1.46 bits per heavy atom. The Labute approximate surface area is 141 Å². The highest BCUT2D eigenvalue weighted by Crippen LogP contribution is 2.39. The second-order valence-electron chi connectivity index (χ2n) is 6.21. The Morgan fingerprint density at radius 3 is 2.04 bits per heavy atom. The van der Waals surface area contributed by atoms with E-state index in [-0.39, 0.29) is 17.3 Å². The predicted molar refractivity (Wildman–Crippen MR) is 92.4 cm³/mol. The molecule has 3 rings (SSSR count). The van der Waals surface area contributed by atoms with Crippen molar-refractivity contribution in [2.24, 2.45) is 5.41 Å². The van der Waals surface area contributed by atoms with E-state index in [1.54, 1.807) is 49.4 Å². The van der Waals surface area contributed by atoms with E-state index in [1.807, 2.05) is 18.2 Å². The SMILES string of the molecule is CC1(CC/C=C/C(=O)c2ccccc2)C(=O)c2ccccc2C1=O. The van der Waals surface area contributed by atoms with Gasteiger partial charge in [-0.15, -0.1) is 0 Å². The van der Waals surface area contributed by atoms with Crippen LogP contribution in [-0.2, 0) is 0 Å². The van der Waals surface area contributed by atoms with Crippen molar-refractivity contribution in [3.8, 4) is 0 Å². The summed E-state index contributed by atoms with van der Waals surface area (Å²) in [6, 6.07) is 16.0. The maximum absolute atomic E-state index is 12.6. The predicted octanol–water partition coefficient (Wildman–Crippen LogP) is 4.29. The molecular formula is C21H18O3. The van der Waals surface area contributed by atoms with Gasteiger partial charge in [-0.1, -0.05) is 60.7 Å². The van der Waals surface area contributed by atoms with Gasteiger partial charge in [0.25, 0.3) is 0 Å². The van der Waals surface area contributed by atoms with E-state index in [2.05, 4.69) is 0 Å². The molecule has 2 aromatic rings. The van der Waals surface area contributed by atoms with Crippen molar-refractivity contribution in [2.75, 3.05) is 0 Å². The van der Waals surface area contributed by atoms with Crippen molar-refractivity contribution in [1.29, 1.82) is 0 Å². The maximum Gasteiger partial charge on any atom is 0.185 e. The Hall–Kier alpha value is -2.81. The van der Waals surface area contributed by atoms with Gasteiger partial charge >= 0.3 is 0 Å². The Bertz CT molecular complexity index is 796. The zero-order valence-electron chi connectivity index (χ0n) is 13.5. The number of fused-ring (bicyclic) bond motifs is 1. The molecule has 0 saturated heterocycles. The molecule has 24 heavy (non-hydrogen) atoms. The van der Waals surface area contributed by atoms with E-state index in [9.17, 15) is 14.4 Å². The van der Waals surface area contributed by atoms with Gasteiger partial charge in [-0.2, -0.15) is 0 Å². The van der Waals surface area contributed by atoms with Gasteiger partial charge in [-0.05, 0) is 25.8 Å². The van der Waals surface area contributed by atoms with Crippen molar-refractivity contribution in [1.82, 2.24) is 0 Å². The standard InChI is InChI=1S/C21H18O3/c1-21(19(23)16-11-5-6-12-17(16)20(21)24)14-8-7-13-18(22)15-9-3-2-4-10-15/h2-7,9-13H,8,14H2,1H3/b13-7+. The van der Waals surface area contributed by atoms with Crippen LogP contribution in [0.3, 0.4) is 0 Å². The molecule has 0 radical (unpaired) electrons. The lowest BCUT2D eigenvalue weighted by molar-refractivity contribution is 0.0711. The van der Waals surface area contributed by atoms with Crippen LogP contribution >= 0.6 is 0 Å². The van der Waals surface area contributed by atoms with Crippen LogP contribution in [0.15, 0.2) is 66.7 Å². The molecule has 0 saturated carbocycles. The number of benzene rings is 2. The summed E-state index contributed by atoms with van der Waals surface area (Å²) in [6.07, 6.45) is 4.15. The summed E-state index contributed by atoms with van der Waals surface area (Å²) in [7, 11) is 0. The third kappa shape index (κ3) is 2.73. The van der Waals surface area contributed by atoms with Crippen molar-refractivity contribution in [2.45, 2.75) is 19.8 Å². The summed E-state index contributed by atoms with van der Waals surface area (Å²) in [5.74, 6) is -0.315. The summed E-state index contributed by atoms with van der Waals surface area (Å²) in [4.78, 5) is 37.1. The van der Waals surface area contributed by atoms with Crippen LogP contribution in [0.5, 0.6) is 0 Å². The largest absolute Gasteiger partial charge is 0.293 e. The average molecular weight is 318 g/mol. The highest BCUT2D eigenvalue weighted by atomic mass is 16.2. The van der Waals surface area contributed by atoms with E-state index in [0.717, 1.165) is 0 Å². The van der Waals surface area contributed by atoms with Crippen LogP contribution in [0.2, 0.25) is 0 Å². The molecule has 3 nitrogen and oxygen atoms in total. The summed E-state index contributed by atoms with van der Waals surface area (Å²) in [5.41, 5.74) is 0.619. The summed E-state index contributed by atoms with van der Waals surface area (Å²) < 4.78 is 0. The van der Waals surface area contributed by atoms with E-state index < -0.39 is 5.41 Å². The van der Waals surface area contributed by atoms with Crippen LogP contribution in [0.4, 0.5) is 0 Å². The van der Waals surface area contributed by atoms with Crippen molar-refractivity contribution in [3.05, 3.63) is 83.4 Å². The van der Waals surface area contributed by atoms with Gasteiger partial charge in [0, 0.05) is 16.7 Å². The summed E-state index contributed by atoms with van der Waals surface area (Å²) >= 11 is 0. The molecule has 1 aliphatic carbocycles. The Kier molecular flexibility index (Phi) is 4.26. The highest BCUT2D eigenvalue weighted by molar-refractivity contribution is 6.29. The first-order valence-electron chi connectivity index (χ1n) is 7.98. The van der Waals surface area contributed by atoms with Crippen molar-refractivity contribution >= 4 is 17.3 Å². The molecule has 1 aliphatic rings. The van der Waals surface area contributed by atoms with Crippen LogP contribution in [-0.4, -0.2) is 17.3 Å². The molecule has 0 N–H and O–H groups in total. The molecule has 0 spiro atoms. The molecule has 3 heteroatoms.